The van der Waals surface area contributed by atoms with Gasteiger partial charge in [0.1, 0.15) is 0 Å². The van der Waals surface area contributed by atoms with Crippen LogP contribution in [0.5, 0.6) is 0 Å². The summed E-state index contributed by atoms with van der Waals surface area (Å²) < 4.78 is 0. The van der Waals surface area contributed by atoms with Crippen LogP contribution in [0, 0.1) is 0 Å². The van der Waals surface area contributed by atoms with Gasteiger partial charge >= 0.3 is 0 Å². The highest BCUT2D eigenvalue weighted by Crippen LogP contribution is 1.76. The Morgan fingerprint density at radius 1 is 0.385 bits per heavy atom. The zero-order chi connectivity index (χ0) is 5.41. The molecule has 5 heteroatoms. The Labute approximate surface area is 185 Å². The highest BCUT2D eigenvalue weighted by atomic mass is 16.2. The molecule has 0 saturated heterocycles. The molecule has 0 radical (unpaired) electrons. The van der Waals surface area contributed by atoms with Crippen molar-refractivity contribution in [2.75, 3.05) is 7.11 Å². The molecule has 26 heavy (non-hydrogen) atoms. The van der Waals surface area contributed by atoms with Crippen molar-refractivity contribution in [3.05, 3.63) is 0 Å². The monoisotopic (exact) mass is 424 g/mol. The second-order valence-electron chi connectivity index (χ2n) is 1.000. The van der Waals surface area contributed by atoms with Crippen LogP contribution in [0.25, 0.3) is 0 Å². The second-order valence-corrected chi connectivity index (χ2v) is 1.000. The van der Waals surface area contributed by atoms with Gasteiger partial charge in [-0.2, -0.15) is 0 Å². The van der Waals surface area contributed by atoms with Crippen molar-refractivity contribution in [1.29, 1.82) is 0 Å². The van der Waals surface area contributed by atoms with Gasteiger partial charge in [0.15, 0.2) is 0 Å². The predicted molar refractivity (Wildman–Crippen MR) is 159 cm³/mol. The first kappa shape index (κ1) is 1100. The SMILES string of the molecule is C.C.C.C.C.C.C.C.C.C.C.C.C.C.C.C.CCCC.CO.N.O.O.O.[HH].[HH].[HH]. The molecule has 10 N–H and O–H groups in total. The number of aliphatic hydroxyl groups is 1. The van der Waals surface area contributed by atoms with Crippen molar-refractivity contribution < 1.29 is 25.8 Å². The van der Waals surface area contributed by atoms with Crippen molar-refractivity contribution in [2.24, 2.45) is 0 Å². The lowest BCUT2D eigenvalue weighted by molar-refractivity contribution is 0.399. The summed E-state index contributed by atoms with van der Waals surface area (Å²) in [4.78, 5) is 0. The van der Waals surface area contributed by atoms with E-state index in [0.29, 0.717) is 0 Å². The number of hydrogen-bond acceptors (Lipinski definition) is 2. The normalized spacial score (nSPS) is 1.38. The molecule has 0 fully saturated rings. The van der Waals surface area contributed by atoms with Gasteiger partial charge in [0.2, 0.25) is 0 Å². The van der Waals surface area contributed by atoms with Crippen molar-refractivity contribution in [3.63, 3.8) is 0 Å². The van der Waals surface area contributed by atoms with Gasteiger partial charge < -0.3 is 27.7 Å². The summed E-state index contributed by atoms with van der Waals surface area (Å²) in [6.07, 6.45) is 2.64. The van der Waals surface area contributed by atoms with Crippen LogP contribution in [-0.2, 0) is 0 Å². The zero-order valence-corrected chi connectivity index (χ0v) is 7.07. The highest BCUT2D eigenvalue weighted by Gasteiger charge is 1.56. The van der Waals surface area contributed by atoms with E-state index in [-0.39, 0.29) is 146 Å². The molecule has 0 heterocycles. The van der Waals surface area contributed by atoms with Gasteiger partial charge in [0, 0.05) is 11.4 Å². The molecule has 0 bridgehead atoms. The Morgan fingerprint density at radius 3 is 0.423 bits per heavy atom. The standard InChI is InChI=1S/C4H10.CH4O.16CH4.H3N.3H2O.3H2/c1-3-4-2;1-2;;;;;;;;;;;;;;;;;;;;;;;/h3-4H2,1-2H3;2H,1H3;16*1H4;1H3;3*1H2;3*1H. The summed E-state index contributed by atoms with van der Waals surface area (Å²) >= 11 is 0. The molecule has 0 amide bonds. The Balaban J connectivity index is -0.000000000273. The van der Waals surface area contributed by atoms with Gasteiger partial charge in [-0.05, 0) is 0 Å². The predicted octanol–water partition coefficient (Wildman–Crippen LogP) is 10.0. The van der Waals surface area contributed by atoms with E-state index < -0.39 is 0 Å². The number of unbranched alkanes of at least 4 members (excludes halogenated alkanes) is 1. The third kappa shape index (κ3) is 19300. The third-order valence-corrected chi connectivity index (χ3v) is 0.500. The van der Waals surface area contributed by atoms with Crippen molar-refractivity contribution >= 4 is 0 Å². The highest BCUT2D eigenvalue weighted by molar-refractivity contribution is 4.12. The number of hydrogen-bond donors (Lipinski definition) is 2. The van der Waals surface area contributed by atoms with E-state index in [9.17, 15) is 0 Å². The van der Waals surface area contributed by atoms with Crippen LogP contribution >= 0.6 is 0 Å². The van der Waals surface area contributed by atoms with E-state index in [1.807, 2.05) is 0 Å². The molecule has 0 spiro atoms. The minimum atomic E-state index is 0. The van der Waals surface area contributed by atoms with E-state index in [4.69, 9.17) is 5.11 Å². The summed E-state index contributed by atoms with van der Waals surface area (Å²) in [5, 5.41) is 7.00. The van der Waals surface area contributed by atoms with Crippen LogP contribution in [0.1, 0.15) is 150 Å². The minimum Gasteiger partial charge on any atom is -0.412 e. The first-order valence-electron chi connectivity index (χ1n) is 2.36. The summed E-state index contributed by atoms with van der Waals surface area (Å²) in [6.45, 7) is 4.36. The van der Waals surface area contributed by atoms with Crippen molar-refractivity contribution in [3.8, 4) is 0 Å². The lowest BCUT2D eigenvalue weighted by Crippen LogP contribution is -1.47. The summed E-state index contributed by atoms with van der Waals surface area (Å²) in [5.74, 6) is 0. The van der Waals surface area contributed by atoms with Crippen molar-refractivity contribution in [2.45, 2.75) is 146 Å². The average Bonchev–Trinajstić information content (AvgIpc) is 1.72. The molecule has 0 rings (SSSR count). The molecule has 0 aromatic carbocycles. The van der Waals surface area contributed by atoms with E-state index in [0.717, 1.165) is 7.11 Å². The van der Waals surface area contributed by atoms with Crippen LogP contribution in [-0.4, -0.2) is 28.6 Å². The topological polar surface area (TPSA) is 150 Å². The van der Waals surface area contributed by atoms with E-state index in [2.05, 4.69) is 13.8 Å². The van der Waals surface area contributed by atoms with E-state index in [1.54, 1.807) is 0 Å². The number of rotatable bonds is 1. The van der Waals surface area contributed by atoms with Gasteiger partial charge in [-0.1, -0.05) is 146 Å². The molecule has 206 valence electrons. The molecule has 0 aliphatic rings. The maximum absolute atomic E-state index is 7.00. The first-order chi connectivity index (χ1) is 2.91. The molecule has 0 unspecified atom stereocenters. The van der Waals surface area contributed by atoms with Crippen LogP contribution in [0.4, 0.5) is 0 Å². The summed E-state index contributed by atoms with van der Waals surface area (Å²) in [6, 6.07) is 0. The minimum absolute atomic E-state index is 0. The van der Waals surface area contributed by atoms with E-state index >= 15 is 0 Å². The van der Waals surface area contributed by atoms with Crippen LogP contribution < -0.4 is 6.15 Å². The van der Waals surface area contributed by atoms with Crippen LogP contribution in [0.3, 0.4) is 0 Å². The summed E-state index contributed by atoms with van der Waals surface area (Å²) in [7, 11) is 1.00. The maximum atomic E-state index is 7.00. The zero-order valence-electron chi connectivity index (χ0n) is 7.07. The molecule has 0 saturated carbocycles. The molecular formula is C21H93NO4. The third-order valence-electron chi connectivity index (χ3n) is 0.500. The Bertz CT molecular complexity index is 37.9. The second kappa shape index (κ2) is 4340. The molecule has 0 aliphatic carbocycles. The van der Waals surface area contributed by atoms with Gasteiger partial charge in [-0.15, -0.1) is 0 Å². The quantitative estimate of drug-likeness (QED) is 0.431. The Kier molecular flexibility index (Phi) is 183000. The van der Waals surface area contributed by atoms with Gasteiger partial charge in [-0.3, -0.25) is 0 Å². The summed E-state index contributed by atoms with van der Waals surface area (Å²) in [5.41, 5.74) is 0. The molecular weight excluding hydrogens is 330 g/mol. The molecule has 0 aliphatic heterocycles. The maximum Gasteiger partial charge on any atom is 0.0319 e. The molecule has 0 aromatic rings. The smallest absolute Gasteiger partial charge is 0.0319 e. The van der Waals surface area contributed by atoms with Gasteiger partial charge in [0.25, 0.3) is 0 Å². The largest absolute Gasteiger partial charge is 0.412 e. The fourth-order valence-corrected chi connectivity index (χ4v) is 0. The molecule has 0 atom stereocenters. The van der Waals surface area contributed by atoms with Crippen LogP contribution in [0.2, 0.25) is 0 Å². The van der Waals surface area contributed by atoms with E-state index in [1.165, 1.54) is 12.8 Å². The Hall–Kier alpha value is -0.200. The van der Waals surface area contributed by atoms with Crippen LogP contribution in [0.15, 0.2) is 0 Å². The first-order valence-corrected chi connectivity index (χ1v) is 2.36. The molecule has 0 aromatic heterocycles. The lowest BCUT2D eigenvalue weighted by atomic mass is 10.4. The van der Waals surface area contributed by atoms with Gasteiger partial charge in [0.05, 0.1) is 0 Å². The fourth-order valence-electron chi connectivity index (χ4n) is 0. The fraction of sp³-hybridized carbons (Fsp3) is 1.00. The van der Waals surface area contributed by atoms with Crippen molar-refractivity contribution in [1.82, 2.24) is 6.15 Å². The number of aliphatic hydroxyl groups excluding tert-OH is 1. The average molecular weight is 424 g/mol. The van der Waals surface area contributed by atoms with Gasteiger partial charge in [-0.25, -0.2) is 0 Å². The lowest BCUT2D eigenvalue weighted by Gasteiger charge is -1.68. The Morgan fingerprint density at radius 2 is 0.423 bits per heavy atom. The molecule has 5 nitrogen and oxygen atoms in total.